The van der Waals surface area contributed by atoms with E-state index in [1.54, 1.807) is 0 Å². The number of halogens is 1. The fourth-order valence-electron chi connectivity index (χ4n) is 3.35. The smallest absolute Gasteiger partial charge is 0.222 e. The van der Waals surface area contributed by atoms with Gasteiger partial charge in [-0.15, -0.1) is 0 Å². The molecule has 1 amide bonds. The molecule has 1 atom stereocenters. The lowest BCUT2D eigenvalue weighted by Gasteiger charge is -2.36. The van der Waals surface area contributed by atoms with Crippen molar-refractivity contribution in [3.8, 4) is 0 Å². The summed E-state index contributed by atoms with van der Waals surface area (Å²) < 4.78 is 0. The topological polar surface area (TPSA) is 26.8 Å². The number of rotatable bonds is 8. The number of hydrogen-bond acceptors (Lipinski definition) is 3. The third kappa shape index (κ3) is 6.61. The minimum atomic E-state index is 0.253. The molecule has 0 N–H and O–H groups in total. The van der Waals surface area contributed by atoms with Gasteiger partial charge in [0.25, 0.3) is 0 Å². The third-order valence-electron chi connectivity index (χ3n) is 5.05. The Morgan fingerprint density at radius 2 is 2.00 bits per heavy atom. The summed E-state index contributed by atoms with van der Waals surface area (Å²) in [5.41, 5.74) is 1.10. The number of carbonyl (C=O) groups excluding carboxylic acids is 1. The molecule has 1 aromatic rings. The standard InChI is InChI=1S/C20H32ClN3O/c1-4-10-24(16-18-6-5-7-19(21)15-18)20(25)9-8-17(2)23-13-11-22(3)12-14-23/h5-7,15,17H,4,8-14,16H2,1-3H3. The van der Waals surface area contributed by atoms with Crippen LogP contribution in [0.5, 0.6) is 0 Å². The highest BCUT2D eigenvalue weighted by atomic mass is 35.5. The Morgan fingerprint density at radius 3 is 2.64 bits per heavy atom. The first kappa shape index (κ1) is 20.2. The molecule has 1 fully saturated rings. The van der Waals surface area contributed by atoms with Gasteiger partial charge >= 0.3 is 0 Å². The van der Waals surface area contributed by atoms with Gasteiger partial charge in [0.2, 0.25) is 5.91 Å². The van der Waals surface area contributed by atoms with Crippen LogP contribution in [0.2, 0.25) is 5.02 Å². The zero-order chi connectivity index (χ0) is 18.2. The molecule has 0 saturated carbocycles. The van der Waals surface area contributed by atoms with Crippen molar-refractivity contribution < 1.29 is 4.79 Å². The van der Waals surface area contributed by atoms with Crippen LogP contribution in [0.25, 0.3) is 0 Å². The number of benzene rings is 1. The molecule has 0 bridgehead atoms. The Bertz CT molecular complexity index is 543. The normalized spacial score (nSPS) is 17.4. The summed E-state index contributed by atoms with van der Waals surface area (Å²) in [6.45, 7) is 10.3. The first-order chi connectivity index (χ1) is 12.0. The molecule has 5 heteroatoms. The fourth-order valence-corrected chi connectivity index (χ4v) is 3.57. The van der Waals surface area contributed by atoms with Crippen LogP contribution < -0.4 is 0 Å². The van der Waals surface area contributed by atoms with Gasteiger partial charge in [0.15, 0.2) is 0 Å². The number of nitrogens with zero attached hydrogens (tertiary/aromatic N) is 3. The van der Waals surface area contributed by atoms with Crippen molar-refractivity contribution in [1.82, 2.24) is 14.7 Å². The maximum absolute atomic E-state index is 12.7. The second-order valence-corrected chi connectivity index (χ2v) is 7.61. The quantitative estimate of drug-likeness (QED) is 0.705. The zero-order valence-electron chi connectivity index (χ0n) is 15.9. The lowest BCUT2D eigenvalue weighted by atomic mass is 10.1. The van der Waals surface area contributed by atoms with E-state index >= 15 is 0 Å². The molecule has 0 spiro atoms. The molecule has 1 unspecified atom stereocenters. The first-order valence-corrected chi connectivity index (χ1v) is 9.82. The van der Waals surface area contributed by atoms with Crippen LogP contribution in [0.3, 0.4) is 0 Å². The van der Waals surface area contributed by atoms with Gasteiger partial charge < -0.3 is 9.80 Å². The molecule has 0 aliphatic carbocycles. The van der Waals surface area contributed by atoms with E-state index in [0.29, 0.717) is 19.0 Å². The van der Waals surface area contributed by atoms with E-state index in [0.717, 1.165) is 56.2 Å². The Morgan fingerprint density at radius 1 is 1.28 bits per heavy atom. The van der Waals surface area contributed by atoms with Gasteiger partial charge in [0.05, 0.1) is 0 Å². The van der Waals surface area contributed by atoms with Gasteiger partial charge in [0.1, 0.15) is 0 Å². The molecule has 1 aliphatic rings. The van der Waals surface area contributed by atoms with Crippen LogP contribution in [0.4, 0.5) is 0 Å². The number of piperazine rings is 1. The minimum absolute atomic E-state index is 0.253. The average Bonchev–Trinajstić information content (AvgIpc) is 2.59. The summed E-state index contributed by atoms with van der Waals surface area (Å²) in [7, 11) is 2.17. The lowest BCUT2D eigenvalue weighted by Crippen LogP contribution is -2.48. The van der Waals surface area contributed by atoms with E-state index in [2.05, 4.69) is 30.7 Å². The van der Waals surface area contributed by atoms with Crippen LogP contribution in [0, 0.1) is 0 Å². The largest absolute Gasteiger partial charge is 0.338 e. The van der Waals surface area contributed by atoms with E-state index in [1.807, 2.05) is 29.2 Å². The minimum Gasteiger partial charge on any atom is -0.338 e. The number of amides is 1. The van der Waals surface area contributed by atoms with Gasteiger partial charge in [-0.2, -0.15) is 0 Å². The van der Waals surface area contributed by atoms with Gasteiger partial charge in [-0.05, 0) is 44.5 Å². The summed E-state index contributed by atoms with van der Waals surface area (Å²) in [5, 5.41) is 0.727. The van der Waals surface area contributed by atoms with Crippen LogP contribution >= 0.6 is 11.6 Å². The van der Waals surface area contributed by atoms with E-state index < -0.39 is 0 Å². The average molecular weight is 366 g/mol. The molecule has 4 nitrogen and oxygen atoms in total. The van der Waals surface area contributed by atoms with E-state index in [1.165, 1.54) is 0 Å². The SMILES string of the molecule is CCCN(Cc1cccc(Cl)c1)C(=O)CCC(C)N1CCN(C)CC1. The monoisotopic (exact) mass is 365 g/mol. The van der Waals surface area contributed by atoms with Crippen molar-refractivity contribution in [2.24, 2.45) is 0 Å². The van der Waals surface area contributed by atoms with Crippen molar-refractivity contribution in [3.05, 3.63) is 34.9 Å². The summed E-state index contributed by atoms with van der Waals surface area (Å²) in [4.78, 5) is 19.6. The van der Waals surface area contributed by atoms with Crippen molar-refractivity contribution in [1.29, 1.82) is 0 Å². The molecule has 1 heterocycles. The van der Waals surface area contributed by atoms with Crippen LogP contribution in [-0.2, 0) is 11.3 Å². The predicted octanol–water partition coefficient (Wildman–Crippen LogP) is 3.49. The molecule has 25 heavy (non-hydrogen) atoms. The molecule has 1 aromatic carbocycles. The molecule has 140 valence electrons. The Kier molecular flexibility index (Phi) is 8.20. The molecule has 0 radical (unpaired) electrons. The van der Waals surface area contributed by atoms with E-state index in [4.69, 9.17) is 11.6 Å². The second kappa shape index (κ2) is 10.1. The molecular weight excluding hydrogens is 334 g/mol. The molecule has 1 aliphatic heterocycles. The summed E-state index contributed by atoms with van der Waals surface area (Å²) in [5.74, 6) is 0.253. The highest BCUT2D eigenvalue weighted by Gasteiger charge is 2.21. The van der Waals surface area contributed by atoms with Gasteiger partial charge in [-0.1, -0.05) is 30.7 Å². The zero-order valence-corrected chi connectivity index (χ0v) is 16.6. The summed E-state index contributed by atoms with van der Waals surface area (Å²) in [6.07, 6.45) is 2.52. The van der Waals surface area contributed by atoms with Crippen molar-refractivity contribution in [3.63, 3.8) is 0 Å². The first-order valence-electron chi connectivity index (χ1n) is 9.44. The lowest BCUT2D eigenvalue weighted by molar-refractivity contribution is -0.132. The van der Waals surface area contributed by atoms with Crippen molar-refractivity contribution in [2.45, 2.75) is 45.7 Å². The molecule has 0 aromatic heterocycles. The third-order valence-corrected chi connectivity index (χ3v) is 5.28. The van der Waals surface area contributed by atoms with E-state index in [9.17, 15) is 4.79 Å². The van der Waals surface area contributed by atoms with Gasteiger partial charge in [0, 0.05) is 56.8 Å². The highest BCUT2D eigenvalue weighted by Crippen LogP contribution is 2.15. The van der Waals surface area contributed by atoms with Crippen molar-refractivity contribution in [2.75, 3.05) is 39.8 Å². The van der Waals surface area contributed by atoms with Crippen LogP contribution in [-0.4, -0.2) is 66.4 Å². The van der Waals surface area contributed by atoms with Gasteiger partial charge in [-0.3, -0.25) is 9.69 Å². The number of hydrogen-bond donors (Lipinski definition) is 0. The fraction of sp³-hybridized carbons (Fsp3) is 0.650. The highest BCUT2D eigenvalue weighted by molar-refractivity contribution is 6.30. The number of carbonyl (C=O) groups is 1. The maximum atomic E-state index is 12.7. The Hall–Kier alpha value is -1.10. The molecule has 1 saturated heterocycles. The van der Waals surface area contributed by atoms with Gasteiger partial charge in [-0.25, -0.2) is 0 Å². The predicted molar refractivity (Wildman–Crippen MR) is 105 cm³/mol. The summed E-state index contributed by atoms with van der Waals surface area (Å²) in [6, 6.07) is 8.27. The van der Waals surface area contributed by atoms with Crippen LogP contribution in [0.1, 0.15) is 38.7 Å². The Labute approximate surface area is 157 Å². The van der Waals surface area contributed by atoms with Crippen molar-refractivity contribution >= 4 is 17.5 Å². The van der Waals surface area contributed by atoms with E-state index in [-0.39, 0.29) is 5.91 Å². The molecule has 2 rings (SSSR count). The Balaban J connectivity index is 1.85. The summed E-state index contributed by atoms with van der Waals surface area (Å²) >= 11 is 6.07. The second-order valence-electron chi connectivity index (χ2n) is 7.17. The number of likely N-dealkylation sites (N-methyl/N-ethyl adjacent to an activating group) is 1. The molecular formula is C20H32ClN3O. The van der Waals surface area contributed by atoms with Crippen LogP contribution in [0.15, 0.2) is 24.3 Å². The maximum Gasteiger partial charge on any atom is 0.222 e.